The maximum Gasteiger partial charge on any atom is 0.326 e. The molecule has 0 radical (unpaired) electrons. The van der Waals surface area contributed by atoms with E-state index in [1.165, 1.54) is 0 Å². The van der Waals surface area contributed by atoms with Gasteiger partial charge in [0.2, 0.25) is 0 Å². The second-order valence-corrected chi connectivity index (χ2v) is 9.28. The number of hydrogen-bond donors (Lipinski definition) is 1. The van der Waals surface area contributed by atoms with Crippen molar-refractivity contribution in [1.29, 1.82) is 0 Å². The summed E-state index contributed by atoms with van der Waals surface area (Å²) in [6, 6.07) is 20.7. The number of hydrogen-bond acceptors (Lipinski definition) is 5. The predicted octanol–water partition coefficient (Wildman–Crippen LogP) is 4.57. The number of nitrogens with one attached hydrogen (secondary N) is 1. The summed E-state index contributed by atoms with van der Waals surface area (Å²) in [7, 11) is 1.61. The van der Waals surface area contributed by atoms with Crippen molar-refractivity contribution in [3.05, 3.63) is 88.7 Å². The standard InChI is InChI=1S/C28H27N5O4/c1-18-7-12-26(37-18)23-17-25(33(30-23)20-8-10-21(36-2)11-9-20)27(34)31-15-13-19(14-16-31)32-24-6-4-3-5-22(24)29-28(32)35/h3-12,17,19H,13-16H2,1-2H3,(H,29,35). The van der Waals surface area contributed by atoms with Crippen molar-refractivity contribution in [3.8, 4) is 22.9 Å². The van der Waals surface area contributed by atoms with Gasteiger partial charge in [-0.15, -0.1) is 0 Å². The van der Waals surface area contributed by atoms with E-state index in [1.807, 2.05) is 77.1 Å². The van der Waals surface area contributed by atoms with Gasteiger partial charge >= 0.3 is 5.69 Å². The number of aromatic nitrogens is 4. The molecular weight excluding hydrogens is 470 g/mol. The molecule has 9 nitrogen and oxygen atoms in total. The van der Waals surface area contributed by atoms with Crippen molar-refractivity contribution in [2.75, 3.05) is 20.2 Å². The van der Waals surface area contributed by atoms with E-state index in [0.29, 0.717) is 43.1 Å². The number of para-hydroxylation sites is 2. The van der Waals surface area contributed by atoms with E-state index in [9.17, 15) is 9.59 Å². The lowest BCUT2D eigenvalue weighted by Gasteiger charge is -2.32. The van der Waals surface area contributed by atoms with Crippen LogP contribution in [0.5, 0.6) is 5.75 Å². The maximum atomic E-state index is 13.8. The summed E-state index contributed by atoms with van der Waals surface area (Å²) in [5, 5.41) is 4.72. The summed E-state index contributed by atoms with van der Waals surface area (Å²) in [4.78, 5) is 31.2. The number of rotatable bonds is 5. The minimum Gasteiger partial charge on any atom is -0.497 e. The van der Waals surface area contributed by atoms with Gasteiger partial charge in [0.05, 0.1) is 23.8 Å². The first-order valence-electron chi connectivity index (χ1n) is 12.3. The van der Waals surface area contributed by atoms with Crippen LogP contribution in [-0.4, -0.2) is 50.3 Å². The van der Waals surface area contributed by atoms with Crippen molar-refractivity contribution >= 4 is 16.9 Å². The lowest BCUT2D eigenvalue weighted by Crippen LogP contribution is -2.41. The molecule has 1 aliphatic heterocycles. The molecule has 0 unspecified atom stereocenters. The second-order valence-electron chi connectivity index (χ2n) is 9.28. The van der Waals surface area contributed by atoms with E-state index < -0.39 is 0 Å². The molecule has 6 rings (SSSR count). The molecule has 5 aromatic rings. The van der Waals surface area contributed by atoms with Crippen LogP contribution >= 0.6 is 0 Å². The average Bonchev–Trinajstić information content (AvgIpc) is 3.64. The maximum absolute atomic E-state index is 13.8. The summed E-state index contributed by atoms with van der Waals surface area (Å²) < 4.78 is 14.6. The van der Waals surface area contributed by atoms with Gasteiger partial charge in [0.1, 0.15) is 22.9 Å². The van der Waals surface area contributed by atoms with E-state index in [-0.39, 0.29) is 17.6 Å². The Labute approximate surface area is 212 Å². The van der Waals surface area contributed by atoms with Crippen molar-refractivity contribution in [1.82, 2.24) is 24.2 Å². The van der Waals surface area contributed by atoms with Crippen LogP contribution in [0.3, 0.4) is 0 Å². The number of carbonyl (C=O) groups excluding carboxylic acids is 1. The minimum atomic E-state index is -0.109. The van der Waals surface area contributed by atoms with Gasteiger partial charge in [0.15, 0.2) is 5.76 Å². The number of fused-ring (bicyclic) bond motifs is 1. The molecule has 1 saturated heterocycles. The molecule has 0 spiro atoms. The smallest absolute Gasteiger partial charge is 0.326 e. The number of amides is 1. The normalized spacial score (nSPS) is 14.4. The molecule has 1 N–H and O–H groups in total. The second kappa shape index (κ2) is 9.16. The van der Waals surface area contributed by atoms with Gasteiger partial charge in [-0.2, -0.15) is 5.10 Å². The Kier molecular flexibility index (Phi) is 5.67. The first kappa shape index (κ1) is 22.9. The molecule has 0 saturated carbocycles. The highest BCUT2D eigenvalue weighted by Crippen LogP contribution is 2.29. The summed E-state index contributed by atoms with van der Waals surface area (Å²) >= 11 is 0. The fraction of sp³-hybridized carbons (Fsp3) is 0.250. The molecule has 1 fully saturated rings. The molecule has 37 heavy (non-hydrogen) atoms. The number of benzene rings is 2. The van der Waals surface area contributed by atoms with Gasteiger partial charge in [-0.25, -0.2) is 9.48 Å². The molecule has 2 aromatic carbocycles. The van der Waals surface area contributed by atoms with Crippen LogP contribution < -0.4 is 10.4 Å². The number of methoxy groups -OCH3 is 1. The lowest BCUT2D eigenvalue weighted by atomic mass is 10.0. The number of ether oxygens (including phenoxy) is 1. The summed E-state index contributed by atoms with van der Waals surface area (Å²) in [6.45, 7) is 2.95. The van der Waals surface area contributed by atoms with E-state index >= 15 is 0 Å². The Bertz CT molecular complexity index is 1630. The van der Waals surface area contributed by atoms with E-state index in [2.05, 4.69) is 4.98 Å². The Balaban J connectivity index is 1.29. The molecule has 1 aliphatic rings. The van der Waals surface area contributed by atoms with Crippen molar-refractivity contribution < 1.29 is 13.9 Å². The van der Waals surface area contributed by atoms with E-state index in [1.54, 1.807) is 17.9 Å². The highest BCUT2D eigenvalue weighted by molar-refractivity contribution is 5.94. The fourth-order valence-electron chi connectivity index (χ4n) is 5.07. The van der Waals surface area contributed by atoms with E-state index in [0.717, 1.165) is 28.2 Å². The number of aromatic amines is 1. The zero-order chi connectivity index (χ0) is 25.5. The topological polar surface area (TPSA) is 98.3 Å². The predicted molar refractivity (Wildman–Crippen MR) is 139 cm³/mol. The van der Waals surface area contributed by atoms with Crippen LogP contribution in [0.2, 0.25) is 0 Å². The summed E-state index contributed by atoms with van der Waals surface area (Å²) in [5.74, 6) is 2.00. The number of H-pyrrole nitrogens is 1. The molecule has 0 atom stereocenters. The van der Waals surface area contributed by atoms with Crippen LogP contribution in [0.4, 0.5) is 0 Å². The Morgan fingerprint density at radius 3 is 2.51 bits per heavy atom. The quantitative estimate of drug-likeness (QED) is 0.384. The number of furan rings is 1. The molecular formula is C28H27N5O4. The van der Waals surface area contributed by atoms with Gasteiger partial charge in [-0.1, -0.05) is 12.1 Å². The van der Waals surface area contributed by atoms with Gasteiger partial charge in [0, 0.05) is 25.2 Å². The third-order valence-electron chi connectivity index (χ3n) is 6.98. The molecule has 0 aliphatic carbocycles. The lowest BCUT2D eigenvalue weighted by molar-refractivity contribution is 0.0685. The zero-order valence-corrected chi connectivity index (χ0v) is 20.7. The van der Waals surface area contributed by atoms with Gasteiger partial charge < -0.3 is 19.0 Å². The van der Waals surface area contributed by atoms with Gasteiger partial charge in [-0.3, -0.25) is 9.36 Å². The highest BCUT2D eigenvalue weighted by Gasteiger charge is 2.29. The number of imidazole rings is 1. The Morgan fingerprint density at radius 2 is 1.81 bits per heavy atom. The third kappa shape index (κ3) is 4.12. The van der Waals surface area contributed by atoms with Crippen molar-refractivity contribution in [2.45, 2.75) is 25.8 Å². The monoisotopic (exact) mass is 497 g/mol. The number of nitrogens with zero attached hydrogens (tertiary/aromatic N) is 4. The molecule has 0 bridgehead atoms. The van der Waals surface area contributed by atoms with Crippen LogP contribution in [0.15, 0.2) is 75.9 Å². The number of piperidine rings is 1. The van der Waals surface area contributed by atoms with Crippen molar-refractivity contribution in [2.24, 2.45) is 0 Å². The number of carbonyl (C=O) groups is 1. The van der Waals surface area contributed by atoms with Gasteiger partial charge in [0.25, 0.3) is 5.91 Å². The van der Waals surface area contributed by atoms with Crippen LogP contribution in [-0.2, 0) is 0 Å². The summed E-state index contributed by atoms with van der Waals surface area (Å²) in [6.07, 6.45) is 1.38. The summed E-state index contributed by atoms with van der Waals surface area (Å²) in [5.41, 5.74) is 3.41. The van der Waals surface area contributed by atoms with Crippen molar-refractivity contribution in [3.63, 3.8) is 0 Å². The molecule has 3 aromatic heterocycles. The average molecular weight is 498 g/mol. The van der Waals surface area contributed by atoms with Crippen LogP contribution in [0.25, 0.3) is 28.2 Å². The SMILES string of the molecule is COc1ccc(-n2nc(-c3ccc(C)o3)cc2C(=O)N2CCC(n3c(=O)[nH]c4ccccc43)CC2)cc1. The van der Waals surface area contributed by atoms with E-state index in [4.69, 9.17) is 14.3 Å². The number of likely N-dealkylation sites (tertiary alicyclic amines) is 1. The molecule has 4 heterocycles. The zero-order valence-electron chi connectivity index (χ0n) is 20.7. The van der Waals surface area contributed by atoms with Crippen LogP contribution in [0, 0.1) is 6.92 Å². The van der Waals surface area contributed by atoms with Gasteiger partial charge in [-0.05, 0) is 68.3 Å². The largest absolute Gasteiger partial charge is 0.497 e. The number of aryl methyl sites for hydroxylation is 1. The Morgan fingerprint density at radius 1 is 1.05 bits per heavy atom. The molecule has 1 amide bonds. The fourth-order valence-corrected chi connectivity index (χ4v) is 5.07. The van der Waals surface area contributed by atoms with Crippen LogP contribution in [0.1, 0.15) is 35.1 Å². The minimum absolute atomic E-state index is 0.0286. The molecule has 188 valence electrons. The third-order valence-corrected chi connectivity index (χ3v) is 6.98. The highest BCUT2D eigenvalue weighted by atomic mass is 16.5. The first-order valence-corrected chi connectivity index (χ1v) is 12.3. The Hall–Kier alpha value is -4.53. The first-order chi connectivity index (χ1) is 18.0. The molecule has 9 heteroatoms.